The van der Waals surface area contributed by atoms with E-state index in [-0.39, 0.29) is 5.82 Å². The van der Waals surface area contributed by atoms with Gasteiger partial charge >= 0.3 is 0 Å². The van der Waals surface area contributed by atoms with Crippen molar-refractivity contribution in [3.8, 4) is 11.4 Å². The van der Waals surface area contributed by atoms with E-state index in [9.17, 15) is 4.39 Å². The van der Waals surface area contributed by atoms with E-state index < -0.39 is 0 Å². The van der Waals surface area contributed by atoms with Gasteiger partial charge in [0.2, 0.25) is 0 Å². The van der Waals surface area contributed by atoms with Crippen molar-refractivity contribution in [1.82, 2.24) is 9.97 Å². The van der Waals surface area contributed by atoms with Crippen LogP contribution < -0.4 is 5.43 Å². The van der Waals surface area contributed by atoms with Gasteiger partial charge in [-0.1, -0.05) is 54.1 Å². The molecule has 0 saturated heterocycles. The third-order valence-electron chi connectivity index (χ3n) is 4.15. The summed E-state index contributed by atoms with van der Waals surface area (Å²) in [4.78, 5) is 9.30. The number of fused-ring (bicyclic) bond motifs is 1. The van der Waals surface area contributed by atoms with Crippen LogP contribution in [0.3, 0.4) is 0 Å². The van der Waals surface area contributed by atoms with E-state index in [1.165, 1.54) is 17.7 Å². The number of para-hydroxylation sites is 1. The zero-order valence-corrected chi connectivity index (χ0v) is 14.7. The Kier molecular flexibility index (Phi) is 4.58. The second kappa shape index (κ2) is 7.33. The number of hydrazone groups is 1. The molecule has 0 aliphatic carbocycles. The van der Waals surface area contributed by atoms with Gasteiger partial charge in [-0.15, -0.1) is 0 Å². The van der Waals surface area contributed by atoms with Crippen LogP contribution in [0.15, 0.2) is 77.9 Å². The monoisotopic (exact) mass is 356 g/mol. The Bertz CT molecular complexity index is 1120. The summed E-state index contributed by atoms with van der Waals surface area (Å²) in [6.45, 7) is 2.04. The van der Waals surface area contributed by atoms with Gasteiger partial charge in [0, 0.05) is 10.9 Å². The predicted octanol–water partition coefficient (Wildman–Crippen LogP) is 5.19. The number of nitrogens with one attached hydrogen (secondary N) is 1. The fourth-order valence-corrected chi connectivity index (χ4v) is 2.75. The lowest BCUT2D eigenvalue weighted by Gasteiger charge is -2.08. The number of hydrogen-bond donors (Lipinski definition) is 1. The second-order valence-electron chi connectivity index (χ2n) is 6.20. The molecule has 132 valence electrons. The first-order valence-electron chi connectivity index (χ1n) is 8.57. The topological polar surface area (TPSA) is 50.2 Å². The molecule has 3 aromatic carbocycles. The maximum atomic E-state index is 13.3. The van der Waals surface area contributed by atoms with Crippen molar-refractivity contribution >= 4 is 22.9 Å². The molecule has 1 N–H and O–H groups in total. The molecular weight excluding hydrogens is 339 g/mol. The fraction of sp³-hybridized carbons (Fsp3) is 0.0455. The molecule has 0 spiro atoms. The molecule has 0 bridgehead atoms. The van der Waals surface area contributed by atoms with Crippen LogP contribution in [0.2, 0.25) is 0 Å². The highest BCUT2D eigenvalue weighted by molar-refractivity contribution is 5.91. The quantitative estimate of drug-likeness (QED) is 0.404. The molecule has 0 amide bonds. The Morgan fingerprint density at radius 3 is 2.56 bits per heavy atom. The third-order valence-corrected chi connectivity index (χ3v) is 4.15. The van der Waals surface area contributed by atoms with Crippen LogP contribution in [-0.2, 0) is 0 Å². The summed E-state index contributed by atoms with van der Waals surface area (Å²) in [6, 6.07) is 22.1. The lowest BCUT2D eigenvalue weighted by Crippen LogP contribution is -1.99. The van der Waals surface area contributed by atoms with Gasteiger partial charge in [0.15, 0.2) is 11.6 Å². The Morgan fingerprint density at radius 1 is 0.926 bits per heavy atom. The van der Waals surface area contributed by atoms with Crippen LogP contribution >= 0.6 is 0 Å². The highest BCUT2D eigenvalue weighted by Gasteiger charge is 2.08. The van der Waals surface area contributed by atoms with Crippen molar-refractivity contribution in [1.29, 1.82) is 0 Å². The normalized spacial score (nSPS) is 11.2. The van der Waals surface area contributed by atoms with Gasteiger partial charge < -0.3 is 0 Å². The zero-order chi connectivity index (χ0) is 18.6. The number of hydrogen-bond acceptors (Lipinski definition) is 4. The number of benzene rings is 3. The number of nitrogens with zero attached hydrogens (tertiary/aromatic N) is 3. The van der Waals surface area contributed by atoms with Gasteiger partial charge in [-0.25, -0.2) is 14.4 Å². The summed E-state index contributed by atoms with van der Waals surface area (Å²) in [5.41, 5.74) is 6.58. The summed E-state index contributed by atoms with van der Waals surface area (Å²) in [5, 5.41) is 5.09. The first-order valence-corrected chi connectivity index (χ1v) is 8.57. The van der Waals surface area contributed by atoms with E-state index in [2.05, 4.69) is 20.5 Å². The average molecular weight is 356 g/mol. The molecule has 1 aromatic heterocycles. The molecule has 27 heavy (non-hydrogen) atoms. The van der Waals surface area contributed by atoms with Crippen LogP contribution in [0.5, 0.6) is 0 Å². The highest BCUT2D eigenvalue weighted by atomic mass is 19.1. The van der Waals surface area contributed by atoms with E-state index in [1.807, 2.05) is 55.5 Å². The minimum absolute atomic E-state index is 0.298. The molecule has 1 heterocycles. The van der Waals surface area contributed by atoms with Gasteiger partial charge in [0.1, 0.15) is 5.82 Å². The second-order valence-corrected chi connectivity index (χ2v) is 6.20. The van der Waals surface area contributed by atoms with Crippen LogP contribution in [-0.4, -0.2) is 16.2 Å². The first kappa shape index (κ1) is 16.8. The molecule has 4 nitrogen and oxygen atoms in total. The summed E-state index contributed by atoms with van der Waals surface area (Å²) in [7, 11) is 0. The van der Waals surface area contributed by atoms with Crippen molar-refractivity contribution in [3.05, 3.63) is 89.7 Å². The molecule has 0 unspecified atom stereocenters. The van der Waals surface area contributed by atoms with Gasteiger partial charge in [-0.3, -0.25) is 5.43 Å². The zero-order valence-electron chi connectivity index (χ0n) is 14.7. The van der Waals surface area contributed by atoms with Crippen LogP contribution in [0.25, 0.3) is 22.3 Å². The van der Waals surface area contributed by atoms with Gasteiger partial charge in [-0.2, -0.15) is 5.10 Å². The fourth-order valence-electron chi connectivity index (χ4n) is 2.75. The van der Waals surface area contributed by atoms with Crippen molar-refractivity contribution < 1.29 is 4.39 Å². The largest absolute Gasteiger partial charge is 0.261 e. The Morgan fingerprint density at radius 2 is 1.74 bits per heavy atom. The van der Waals surface area contributed by atoms with E-state index in [1.54, 1.807) is 18.3 Å². The van der Waals surface area contributed by atoms with E-state index in [4.69, 9.17) is 0 Å². The molecule has 5 heteroatoms. The van der Waals surface area contributed by atoms with Gasteiger partial charge in [0.25, 0.3) is 0 Å². The highest BCUT2D eigenvalue weighted by Crippen LogP contribution is 2.25. The summed E-state index contributed by atoms with van der Waals surface area (Å²) in [5.74, 6) is 0.925. The SMILES string of the molecule is Cc1ccc(-c2nc(N/N=C/c3cccc(F)c3)c3ccccc3n2)cc1. The molecule has 0 atom stereocenters. The molecule has 0 radical (unpaired) electrons. The van der Waals surface area contributed by atoms with E-state index in [0.717, 1.165) is 16.5 Å². The van der Waals surface area contributed by atoms with Crippen LogP contribution in [0.4, 0.5) is 10.2 Å². The average Bonchev–Trinajstić information content (AvgIpc) is 2.68. The minimum Gasteiger partial charge on any atom is -0.261 e. The summed E-state index contributed by atoms with van der Waals surface area (Å²) < 4.78 is 13.3. The lowest BCUT2D eigenvalue weighted by molar-refractivity contribution is 0.627. The standard InChI is InChI=1S/C22H17FN4/c1-15-9-11-17(12-10-15)21-25-20-8-3-2-7-19(20)22(26-21)27-24-14-16-5-4-6-18(23)13-16/h2-14H,1H3,(H,25,26,27)/b24-14+. The molecule has 4 rings (SSSR count). The number of halogens is 1. The van der Waals surface area contributed by atoms with Crippen LogP contribution in [0, 0.1) is 12.7 Å². The minimum atomic E-state index is -0.298. The Hall–Kier alpha value is -3.60. The molecule has 0 fully saturated rings. The van der Waals surface area contributed by atoms with Crippen molar-refractivity contribution in [2.24, 2.45) is 5.10 Å². The van der Waals surface area contributed by atoms with Gasteiger partial charge in [0.05, 0.1) is 11.7 Å². The lowest BCUT2D eigenvalue weighted by atomic mass is 10.1. The smallest absolute Gasteiger partial charge is 0.162 e. The Labute approximate surface area is 156 Å². The first-order chi connectivity index (χ1) is 13.2. The van der Waals surface area contributed by atoms with Gasteiger partial charge in [-0.05, 0) is 36.8 Å². The van der Waals surface area contributed by atoms with Crippen LogP contribution in [0.1, 0.15) is 11.1 Å². The van der Waals surface area contributed by atoms with Crippen molar-refractivity contribution in [2.45, 2.75) is 6.92 Å². The summed E-state index contributed by atoms with van der Waals surface area (Å²) in [6.07, 6.45) is 1.56. The number of anilines is 1. The predicted molar refractivity (Wildman–Crippen MR) is 107 cm³/mol. The maximum Gasteiger partial charge on any atom is 0.162 e. The molecule has 4 aromatic rings. The number of rotatable bonds is 4. The third kappa shape index (κ3) is 3.82. The molecule has 0 aliphatic rings. The maximum absolute atomic E-state index is 13.3. The van der Waals surface area contributed by atoms with E-state index >= 15 is 0 Å². The number of aromatic nitrogens is 2. The Balaban J connectivity index is 1.71. The molecular formula is C22H17FN4. The molecule has 0 saturated carbocycles. The number of aryl methyl sites for hydroxylation is 1. The van der Waals surface area contributed by atoms with E-state index in [0.29, 0.717) is 17.2 Å². The van der Waals surface area contributed by atoms with Crippen molar-refractivity contribution in [2.75, 3.05) is 5.43 Å². The summed E-state index contributed by atoms with van der Waals surface area (Å²) >= 11 is 0. The molecule has 0 aliphatic heterocycles. The van der Waals surface area contributed by atoms with Crippen molar-refractivity contribution in [3.63, 3.8) is 0 Å².